The molecule has 0 aromatic carbocycles. The molecule has 0 aliphatic rings. The molecule has 0 atom stereocenters. The van der Waals surface area contributed by atoms with Gasteiger partial charge >= 0.3 is 162 Å². The first-order chi connectivity index (χ1) is 10.8. The van der Waals surface area contributed by atoms with Gasteiger partial charge in [0, 0.05) is 6.42 Å². The number of hydrogen-bond donors (Lipinski definition) is 4. The minimum atomic E-state index is -4.64. The summed E-state index contributed by atoms with van der Waals surface area (Å²) in [4.78, 5) is 31.9. The van der Waals surface area contributed by atoms with Gasteiger partial charge in [-0.15, -0.1) is 0 Å². The first kappa shape index (κ1) is 49.5. The van der Waals surface area contributed by atoms with Crippen molar-refractivity contribution < 1.29 is 29.1 Å². The Balaban J connectivity index is -0.0000000787. The molecule has 0 bridgehead atoms. The third-order valence-electron chi connectivity index (χ3n) is 3.15. The van der Waals surface area contributed by atoms with Crippen LogP contribution < -0.4 is 0 Å². The molecule has 4 N–H and O–H groups in total. The zero-order chi connectivity index (χ0) is 18.0. The average molecular weight is 472 g/mol. The molecule has 0 radical (unpaired) electrons. The van der Waals surface area contributed by atoms with E-state index >= 15 is 0 Å². The Bertz CT molecular complexity index is 348. The van der Waals surface area contributed by atoms with Crippen LogP contribution in [0.25, 0.3) is 0 Å². The zero-order valence-electron chi connectivity index (χ0n) is 14.2. The van der Waals surface area contributed by atoms with E-state index in [1.807, 2.05) is 0 Å². The van der Waals surface area contributed by atoms with Crippen molar-refractivity contribution in [1.29, 1.82) is 0 Å². The summed E-state index contributed by atoms with van der Waals surface area (Å²) in [6.07, 6.45) is 18.3. The van der Waals surface area contributed by atoms with Crippen LogP contribution >= 0.6 is 7.82 Å². The molecule has 0 aliphatic heterocycles. The Kier molecular flexibility index (Phi) is 68.1. The van der Waals surface area contributed by atoms with E-state index in [1.54, 1.807) is 0 Å². The molecule has 0 aliphatic carbocycles. The maximum atomic E-state index is 10.3. The van der Waals surface area contributed by atoms with Gasteiger partial charge in [0.05, 0.1) is 0 Å². The molecule has 12 heteroatoms. The molecule has 0 amide bonds. The number of carbonyl (C=O) groups is 1. The third-order valence-corrected chi connectivity index (χ3v) is 3.15. The molecule has 0 spiro atoms. The molecule has 0 heterocycles. The van der Waals surface area contributed by atoms with Gasteiger partial charge in [0.1, 0.15) is 0 Å². The summed E-state index contributed by atoms with van der Waals surface area (Å²) in [5, 5.41) is 8.48. The van der Waals surface area contributed by atoms with Gasteiger partial charge in [-0.1, -0.05) is 57.6 Å². The van der Waals surface area contributed by atoms with Gasteiger partial charge in [-0.25, -0.2) is 4.57 Å². The van der Waals surface area contributed by atoms with E-state index in [9.17, 15) is 4.79 Å². The van der Waals surface area contributed by atoms with Gasteiger partial charge in [0.15, 0.2) is 0 Å². The van der Waals surface area contributed by atoms with Crippen LogP contribution in [-0.2, 0) is 9.36 Å². The molecule has 28 heavy (non-hydrogen) atoms. The zero-order valence-corrected chi connectivity index (χ0v) is 15.1. The maximum absolute atomic E-state index is 10.3. The van der Waals surface area contributed by atoms with Crippen LogP contribution in [0, 0.1) is 0 Å². The molecule has 0 fully saturated rings. The topological polar surface area (TPSA) is 115 Å². The van der Waals surface area contributed by atoms with Crippen LogP contribution in [0.5, 0.6) is 0 Å². The van der Waals surface area contributed by atoms with Crippen LogP contribution in [-0.4, -0.2) is 174 Å². The number of aliphatic carboxylic acids is 1. The Morgan fingerprint density at radius 2 is 1.04 bits per heavy atom. The van der Waals surface area contributed by atoms with Crippen LogP contribution in [0.4, 0.5) is 0 Å². The predicted molar refractivity (Wildman–Crippen MR) is 128 cm³/mol. The fourth-order valence-corrected chi connectivity index (χ4v) is 1.99. The van der Waals surface area contributed by atoms with Gasteiger partial charge < -0.3 is 19.8 Å². The summed E-state index contributed by atoms with van der Waals surface area (Å²) in [5.41, 5.74) is 0. The number of rotatable bonds is 13. The van der Waals surface area contributed by atoms with E-state index in [0.717, 1.165) is 12.8 Å². The van der Waals surface area contributed by atoms with Gasteiger partial charge in [0.25, 0.3) is 0 Å². The van der Waals surface area contributed by atoms with Crippen LogP contribution in [0.3, 0.4) is 0 Å². The summed E-state index contributed by atoms with van der Waals surface area (Å²) >= 11 is 0. The number of allylic oxidation sites excluding steroid dienone is 2. The van der Waals surface area contributed by atoms with Crippen molar-refractivity contribution >= 4 is 162 Å². The fourth-order valence-electron chi connectivity index (χ4n) is 1.99. The molecular formula is C16H38Na5O6P. The van der Waals surface area contributed by atoms with Crippen molar-refractivity contribution in [2.24, 2.45) is 0 Å². The van der Waals surface area contributed by atoms with Gasteiger partial charge in [0.2, 0.25) is 0 Å². The SMILES string of the molecule is CCCCCC/C=C\CCCCCCCC(=O)O.O=P(O)(O)O.[NaH].[NaH].[NaH].[NaH].[NaH]. The summed E-state index contributed by atoms with van der Waals surface area (Å²) < 4.78 is 8.88. The average Bonchev–Trinajstić information content (AvgIpc) is 2.42. The molecule has 0 aromatic rings. The van der Waals surface area contributed by atoms with Gasteiger partial charge in [-0.2, -0.15) is 0 Å². The summed E-state index contributed by atoms with van der Waals surface area (Å²) in [7, 11) is -4.64. The number of carboxylic acid groups (broad SMARTS) is 1. The van der Waals surface area contributed by atoms with Gasteiger partial charge in [-0.05, 0) is 32.1 Å². The Morgan fingerprint density at radius 1 is 0.714 bits per heavy atom. The second-order valence-electron chi connectivity index (χ2n) is 5.53. The van der Waals surface area contributed by atoms with E-state index in [4.69, 9.17) is 24.4 Å². The van der Waals surface area contributed by atoms with Crippen molar-refractivity contribution in [3.63, 3.8) is 0 Å². The van der Waals surface area contributed by atoms with Crippen LogP contribution in [0.1, 0.15) is 84.0 Å². The van der Waals surface area contributed by atoms with E-state index in [2.05, 4.69) is 19.1 Å². The Morgan fingerprint density at radius 3 is 1.39 bits per heavy atom. The molecule has 0 saturated carbocycles. The number of phosphoric acid groups is 1. The van der Waals surface area contributed by atoms with Crippen LogP contribution in [0.15, 0.2) is 12.2 Å². The van der Waals surface area contributed by atoms with E-state index in [-0.39, 0.29) is 148 Å². The van der Waals surface area contributed by atoms with Crippen molar-refractivity contribution in [3.05, 3.63) is 12.2 Å². The number of carboxylic acids is 1. The first-order valence-electron chi connectivity index (χ1n) is 8.42. The fraction of sp³-hybridized carbons (Fsp3) is 0.812. The third kappa shape index (κ3) is 69.8. The van der Waals surface area contributed by atoms with Crippen molar-refractivity contribution in [2.45, 2.75) is 84.0 Å². The summed E-state index contributed by atoms with van der Waals surface area (Å²) in [5.74, 6) is -0.666. The molecule has 0 aromatic heterocycles. The molecule has 0 unspecified atom stereocenters. The van der Waals surface area contributed by atoms with Gasteiger partial charge in [-0.3, -0.25) is 4.79 Å². The van der Waals surface area contributed by atoms with E-state index < -0.39 is 13.8 Å². The number of unbranched alkanes of at least 4 members (excludes halogenated alkanes) is 9. The summed E-state index contributed by atoms with van der Waals surface area (Å²) in [6, 6.07) is 0. The molecule has 0 saturated heterocycles. The molecule has 148 valence electrons. The predicted octanol–water partition coefficient (Wildman–Crippen LogP) is 1.16. The van der Waals surface area contributed by atoms with E-state index in [0.29, 0.717) is 6.42 Å². The van der Waals surface area contributed by atoms with Crippen molar-refractivity contribution in [3.8, 4) is 0 Å². The summed E-state index contributed by atoms with van der Waals surface area (Å²) in [6.45, 7) is 2.24. The molecule has 0 rings (SSSR count). The minimum absolute atomic E-state index is 0. The van der Waals surface area contributed by atoms with E-state index in [1.165, 1.54) is 57.8 Å². The monoisotopic (exact) mass is 472 g/mol. The second kappa shape index (κ2) is 38.6. The standard InChI is InChI=1S/C16H30O2.5Na.H3O4P.5H/c1-2-3-4-5-6-7-8-9-10-11-12-13-14-15-16(17)18;;;;;;1-5(2,3)4;;;;;/h7-8H,2-6,9-15H2,1H3,(H,17,18);;;;;;(H3,1,2,3,4);;;;;/b8-7-;;;;;;;;;;;. The first-order valence-corrected chi connectivity index (χ1v) is 9.99. The molecule has 6 nitrogen and oxygen atoms in total. The second-order valence-corrected chi connectivity index (χ2v) is 6.56. The van der Waals surface area contributed by atoms with Crippen molar-refractivity contribution in [2.75, 3.05) is 0 Å². The Labute approximate surface area is 281 Å². The van der Waals surface area contributed by atoms with Crippen LogP contribution in [0.2, 0.25) is 0 Å². The number of hydrogen-bond acceptors (Lipinski definition) is 2. The van der Waals surface area contributed by atoms with Crippen molar-refractivity contribution in [1.82, 2.24) is 0 Å². The molecular weight excluding hydrogens is 434 g/mol. The Hall–Kier alpha value is 4.32. The quantitative estimate of drug-likeness (QED) is 0.138. The normalized spacial score (nSPS) is 9.29.